The fourth-order valence-electron chi connectivity index (χ4n) is 2.15. The summed E-state index contributed by atoms with van der Waals surface area (Å²) in [7, 11) is 0. The topological polar surface area (TPSA) is 24.9 Å². The second kappa shape index (κ2) is 4.09. The van der Waals surface area contributed by atoms with Gasteiger partial charge < -0.3 is 5.32 Å². The molecule has 1 N–H and O–H groups in total. The zero-order chi connectivity index (χ0) is 9.86. The summed E-state index contributed by atoms with van der Waals surface area (Å²) >= 11 is 0. The SMILES string of the molecule is CC1(NCc2cccnc2)CCCC1. The van der Waals surface area contributed by atoms with Gasteiger partial charge in [0.2, 0.25) is 0 Å². The third-order valence-corrected chi connectivity index (χ3v) is 3.15. The molecule has 2 heteroatoms. The van der Waals surface area contributed by atoms with Gasteiger partial charge in [0.1, 0.15) is 0 Å². The van der Waals surface area contributed by atoms with Crippen LogP contribution in [0.1, 0.15) is 38.2 Å². The summed E-state index contributed by atoms with van der Waals surface area (Å²) in [5.41, 5.74) is 1.65. The lowest BCUT2D eigenvalue weighted by molar-refractivity contribution is 0.362. The van der Waals surface area contributed by atoms with Crippen molar-refractivity contribution in [1.82, 2.24) is 10.3 Å². The molecule has 14 heavy (non-hydrogen) atoms. The number of aromatic nitrogens is 1. The average Bonchev–Trinajstić information content (AvgIpc) is 2.65. The fraction of sp³-hybridized carbons (Fsp3) is 0.583. The molecule has 0 aliphatic heterocycles. The van der Waals surface area contributed by atoms with Crippen LogP contribution in [-0.4, -0.2) is 10.5 Å². The monoisotopic (exact) mass is 190 g/mol. The first-order valence-corrected chi connectivity index (χ1v) is 5.42. The molecular formula is C12H18N2. The molecule has 2 rings (SSSR count). The van der Waals surface area contributed by atoms with Crippen LogP contribution >= 0.6 is 0 Å². The summed E-state index contributed by atoms with van der Waals surface area (Å²) in [6.45, 7) is 3.28. The Morgan fingerprint density at radius 3 is 2.86 bits per heavy atom. The summed E-state index contributed by atoms with van der Waals surface area (Å²) in [5, 5.41) is 3.63. The van der Waals surface area contributed by atoms with Crippen molar-refractivity contribution < 1.29 is 0 Å². The number of rotatable bonds is 3. The van der Waals surface area contributed by atoms with Crippen molar-refractivity contribution in [2.45, 2.75) is 44.7 Å². The molecular weight excluding hydrogens is 172 g/mol. The van der Waals surface area contributed by atoms with Crippen LogP contribution in [0, 0.1) is 0 Å². The van der Waals surface area contributed by atoms with E-state index in [4.69, 9.17) is 0 Å². The Labute approximate surface area is 85.7 Å². The molecule has 1 saturated carbocycles. The van der Waals surface area contributed by atoms with E-state index < -0.39 is 0 Å². The highest BCUT2D eigenvalue weighted by molar-refractivity contribution is 5.08. The Morgan fingerprint density at radius 2 is 2.21 bits per heavy atom. The summed E-state index contributed by atoms with van der Waals surface area (Å²) < 4.78 is 0. The molecule has 0 spiro atoms. The summed E-state index contributed by atoms with van der Waals surface area (Å²) in [4.78, 5) is 4.11. The van der Waals surface area contributed by atoms with Gasteiger partial charge in [-0.3, -0.25) is 4.98 Å². The number of pyridine rings is 1. The number of nitrogens with one attached hydrogen (secondary N) is 1. The van der Waals surface area contributed by atoms with Crippen LogP contribution in [0.2, 0.25) is 0 Å². The Balaban J connectivity index is 1.88. The summed E-state index contributed by atoms with van der Waals surface area (Å²) in [5.74, 6) is 0. The number of nitrogens with zero attached hydrogens (tertiary/aromatic N) is 1. The van der Waals surface area contributed by atoms with E-state index in [9.17, 15) is 0 Å². The number of hydrogen-bond donors (Lipinski definition) is 1. The van der Waals surface area contributed by atoms with E-state index in [1.807, 2.05) is 18.5 Å². The van der Waals surface area contributed by atoms with Gasteiger partial charge in [0.15, 0.2) is 0 Å². The van der Waals surface area contributed by atoms with Crippen LogP contribution < -0.4 is 5.32 Å². The standard InChI is InChI=1S/C12H18N2/c1-12(6-2-3-7-12)14-10-11-5-4-8-13-9-11/h4-5,8-9,14H,2-3,6-7,10H2,1H3. The van der Waals surface area contributed by atoms with Crippen molar-refractivity contribution in [1.29, 1.82) is 0 Å². The van der Waals surface area contributed by atoms with Crippen LogP contribution in [0.5, 0.6) is 0 Å². The molecule has 1 aromatic heterocycles. The second-order valence-electron chi connectivity index (χ2n) is 4.48. The molecule has 0 radical (unpaired) electrons. The van der Waals surface area contributed by atoms with Gasteiger partial charge in [-0.1, -0.05) is 18.9 Å². The molecule has 1 aliphatic rings. The predicted octanol–water partition coefficient (Wildman–Crippen LogP) is 2.50. The Bertz CT molecular complexity index is 276. The molecule has 1 aromatic rings. The molecule has 0 amide bonds. The normalized spacial score (nSPS) is 19.8. The highest BCUT2D eigenvalue weighted by Crippen LogP contribution is 2.28. The van der Waals surface area contributed by atoms with Gasteiger partial charge in [-0.05, 0) is 31.4 Å². The van der Waals surface area contributed by atoms with E-state index in [0.29, 0.717) is 5.54 Å². The molecule has 1 fully saturated rings. The second-order valence-corrected chi connectivity index (χ2v) is 4.48. The highest BCUT2D eigenvalue weighted by atomic mass is 15.0. The van der Waals surface area contributed by atoms with Crippen LogP contribution in [0.15, 0.2) is 24.5 Å². The first-order chi connectivity index (χ1) is 6.79. The molecule has 0 atom stereocenters. The lowest BCUT2D eigenvalue weighted by Crippen LogP contribution is -2.38. The zero-order valence-electron chi connectivity index (χ0n) is 8.79. The molecule has 0 bridgehead atoms. The van der Waals surface area contributed by atoms with Gasteiger partial charge in [0.05, 0.1) is 0 Å². The van der Waals surface area contributed by atoms with Crippen LogP contribution in [0.3, 0.4) is 0 Å². The highest BCUT2D eigenvalue weighted by Gasteiger charge is 2.27. The van der Waals surface area contributed by atoms with Gasteiger partial charge in [-0.15, -0.1) is 0 Å². The lowest BCUT2D eigenvalue weighted by Gasteiger charge is -2.25. The van der Waals surface area contributed by atoms with E-state index in [1.165, 1.54) is 31.2 Å². The third kappa shape index (κ3) is 2.32. The van der Waals surface area contributed by atoms with Crippen molar-refractivity contribution in [2.24, 2.45) is 0 Å². The molecule has 1 heterocycles. The van der Waals surface area contributed by atoms with E-state index in [2.05, 4.69) is 23.3 Å². The maximum absolute atomic E-state index is 4.11. The van der Waals surface area contributed by atoms with Gasteiger partial charge in [-0.25, -0.2) is 0 Å². The molecule has 0 saturated heterocycles. The smallest absolute Gasteiger partial charge is 0.0312 e. The first kappa shape index (κ1) is 9.66. The minimum absolute atomic E-state index is 0.371. The van der Waals surface area contributed by atoms with Crippen LogP contribution in [0.4, 0.5) is 0 Å². The largest absolute Gasteiger partial charge is 0.307 e. The number of hydrogen-bond acceptors (Lipinski definition) is 2. The average molecular weight is 190 g/mol. The quantitative estimate of drug-likeness (QED) is 0.792. The van der Waals surface area contributed by atoms with Crippen molar-refractivity contribution in [3.63, 3.8) is 0 Å². The molecule has 76 valence electrons. The third-order valence-electron chi connectivity index (χ3n) is 3.15. The molecule has 0 aromatic carbocycles. The van der Waals surface area contributed by atoms with E-state index in [-0.39, 0.29) is 0 Å². The van der Waals surface area contributed by atoms with E-state index >= 15 is 0 Å². The first-order valence-electron chi connectivity index (χ1n) is 5.42. The molecule has 2 nitrogen and oxygen atoms in total. The maximum Gasteiger partial charge on any atom is 0.0312 e. The van der Waals surface area contributed by atoms with E-state index in [1.54, 1.807) is 0 Å². The molecule has 1 aliphatic carbocycles. The van der Waals surface area contributed by atoms with Crippen molar-refractivity contribution in [3.8, 4) is 0 Å². The Hall–Kier alpha value is -0.890. The van der Waals surface area contributed by atoms with Gasteiger partial charge in [-0.2, -0.15) is 0 Å². The van der Waals surface area contributed by atoms with Crippen LogP contribution in [-0.2, 0) is 6.54 Å². The van der Waals surface area contributed by atoms with Crippen molar-refractivity contribution in [2.75, 3.05) is 0 Å². The van der Waals surface area contributed by atoms with Crippen LogP contribution in [0.25, 0.3) is 0 Å². The molecule has 0 unspecified atom stereocenters. The minimum atomic E-state index is 0.371. The maximum atomic E-state index is 4.11. The predicted molar refractivity (Wildman–Crippen MR) is 57.9 cm³/mol. The lowest BCUT2D eigenvalue weighted by atomic mass is 10.0. The zero-order valence-corrected chi connectivity index (χ0v) is 8.79. The van der Waals surface area contributed by atoms with E-state index in [0.717, 1.165) is 6.54 Å². The van der Waals surface area contributed by atoms with Gasteiger partial charge in [0, 0.05) is 24.5 Å². The Kier molecular flexibility index (Phi) is 2.82. The van der Waals surface area contributed by atoms with Gasteiger partial charge >= 0.3 is 0 Å². The minimum Gasteiger partial charge on any atom is -0.307 e. The van der Waals surface area contributed by atoms with Crippen molar-refractivity contribution >= 4 is 0 Å². The summed E-state index contributed by atoms with van der Waals surface area (Å²) in [6, 6.07) is 4.12. The van der Waals surface area contributed by atoms with Gasteiger partial charge in [0.25, 0.3) is 0 Å². The van der Waals surface area contributed by atoms with Crippen molar-refractivity contribution in [3.05, 3.63) is 30.1 Å². The Morgan fingerprint density at radius 1 is 1.43 bits per heavy atom. The summed E-state index contributed by atoms with van der Waals surface area (Å²) in [6.07, 6.45) is 9.12. The fourth-order valence-corrected chi connectivity index (χ4v) is 2.15.